The highest BCUT2D eigenvalue weighted by molar-refractivity contribution is 5.83. The van der Waals surface area contributed by atoms with Crippen LogP contribution in [0, 0.1) is 5.92 Å². The minimum Gasteiger partial charge on any atom is -0.480 e. The lowest BCUT2D eigenvalue weighted by Crippen LogP contribution is -2.40. The van der Waals surface area contributed by atoms with E-state index in [4.69, 9.17) is 5.11 Å². The number of hydrogen-bond acceptors (Lipinski definition) is 2. The molecule has 2 N–H and O–H groups in total. The molecule has 20 heavy (non-hydrogen) atoms. The van der Waals surface area contributed by atoms with Crippen LogP contribution < -0.4 is 5.32 Å². The van der Waals surface area contributed by atoms with E-state index in [0.717, 1.165) is 5.56 Å². The molecule has 4 heteroatoms. The van der Waals surface area contributed by atoms with E-state index in [1.54, 1.807) is 6.92 Å². The maximum atomic E-state index is 12.0. The lowest BCUT2D eigenvalue weighted by molar-refractivity contribution is -0.142. The average molecular weight is 277 g/mol. The number of carboxylic acid groups (broad SMARTS) is 1. The van der Waals surface area contributed by atoms with E-state index in [1.807, 2.05) is 30.3 Å². The van der Waals surface area contributed by atoms with Gasteiger partial charge in [-0.1, -0.05) is 51.1 Å². The summed E-state index contributed by atoms with van der Waals surface area (Å²) in [6.45, 7) is 5.88. The van der Waals surface area contributed by atoms with Crippen molar-refractivity contribution in [2.75, 3.05) is 0 Å². The number of benzene rings is 1. The molecular formula is C16H23NO3. The molecule has 0 aliphatic heterocycles. The van der Waals surface area contributed by atoms with E-state index in [1.165, 1.54) is 0 Å². The van der Waals surface area contributed by atoms with Gasteiger partial charge in [0.15, 0.2) is 0 Å². The van der Waals surface area contributed by atoms with Crippen molar-refractivity contribution in [3.63, 3.8) is 0 Å². The van der Waals surface area contributed by atoms with Gasteiger partial charge < -0.3 is 10.4 Å². The zero-order valence-corrected chi connectivity index (χ0v) is 12.3. The molecule has 0 radical (unpaired) electrons. The normalized spacial score (nSPS) is 13.8. The van der Waals surface area contributed by atoms with Crippen molar-refractivity contribution in [1.29, 1.82) is 0 Å². The highest BCUT2D eigenvalue weighted by Gasteiger charge is 2.23. The minimum atomic E-state index is -0.985. The summed E-state index contributed by atoms with van der Waals surface area (Å²) in [4.78, 5) is 23.0. The Labute approximate surface area is 120 Å². The van der Waals surface area contributed by atoms with Crippen LogP contribution in [0.2, 0.25) is 0 Å². The van der Waals surface area contributed by atoms with Crippen LogP contribution in [0.5, 0.6) is 0 Å². The Bertz CT molecular complexity index is 442. The van der Waals surface area contributed by atoms with Crippen molar-refractivity contribution in [3.8, 4) is 0 Å². The third-order valence-electron chi connectivity index (χ3n) is 3.48. The van der Waals surface area contributed by atoms with E-state index in [9.17, 15) is 9.59 Å². The number of carbonyl (C=O) groups excluding carboxylic acids is 1. The van der Waals surface area contributed by atoms with Gasteiger partial charge in [-0.2, -0.15) is 0 Å². The number of carbonyl (C=O) groups is 2. The van der Waals surface area contributed by atoms with Crippen LogP contribution in [0.3, 0.4) is 0 Å². The van der Waals surface area contributed by atoms with Crippen LogP contribution in [0.25, 0.3) is 0 Å². The number of nitrogens with one attached hydrogen (secondary N) is 1. The molecule has 0 saturated carbocycles. The van der Waals surface area contributed by atoms with Crippen molar-refractivity contribution < 1.29 is 14.7 Å². The Kier molecular flexibility index (Phi) is 6.22. The molecule has 1 aromatic rings. The van der Waals surface area contributed by atoms with Gasteiger partial charge in [0.25, 0.3) is 0 Å². The molecule has 1 aromatic carbocycles. The molecule has 0 aliphatic rings. The molecule has 0 bridgehead atoms. The standard InChI is InChI=1S/C16H23NO3/c1-4-14(16(19)20)17-15(18)10-13(11(2)3)12-8-6-5-7-9-12/h5-9,11,13-14H,4,10H2,1-3H3,(H,17,18)(H,19,20). The first-order chi connectivity index (χ1) is 9.45. The molecule has 110 valence electrons. The molecular weight excluding hydrogens is 254 g/mol. The van der Waals surface area contributed by atoms with E-state index in [0.29, 0.717) is 18.8 Å². The van der Waals surface area contributed by atoms with Crippen LogP contribution in [0.1, 0.15) is 45.1 Å². The molecule has 1 rings (SSSR count). The monoisotopic (exact) mass is 277 g/mol. The number of hydrogen-bond donors (Lipinski definition) is 2. The number of rotatable bonds is 7. The first-order valence-electron chi connectivity index (χ1n) is 7.02. The SMILES string of the molecule is CCC(NC(=O)CC(c1ccccc1)C(C)C)C(=O)O. The van der Waals surface area contributed by atoms with E-state index in [-0.39, 0.29) is 11.8 Å². The van der Waals surface area contributed by atoms with Crippen molar-refractivity contribution in [3.05, 3.63) is 35.9 Å². The minimum absolute atomic E-state index is 0.0995. The van der Waals surface area contributed by atoms with Crippen molar-refractivity contribution >= 4 is 11.9 Å². The van der Waals surface area contributed by atoms with Crippen LogP contribution in [-0.2, 0) is 9.59 Å². The largest absolute Gasteiger partial charge is 0.480 e. The molecule has 0 aliphatic carbocycles. The summed E-state index contributed by atoms with van der Waals surface area (Å²) in [5.41, 5.74) is 1.11. The third-order valence-corrected chi connectivity index (χ3v) is 3.48. The summed E-state index contributed by atoms with van der Waals surface area (Å²) in [6, 6.07) is 9.06. The Hall–Kier alpha value is -1.84. The number of amides is 1. The first-order valence-corrected chi connectivity index (χ1v) is 7.02. The fourth-order valence-corrected chi connectivity index (χ4v) is 2.23. The van der Waals surface area contributed by atoms with E-state index >= 15 is 0 Å². The highest BCUT2D eigenvalue weighted by Crippen LogP contribution is 2.27. The van der Waals surface area contributed by atoms with Gasteiger partial charge in [-0.25, -0.2) is 4.79 Å². The van der Waals surface area contributed by atoms with Gasteiger partial charge in [-0.15, -0.1) is 0 Å². The topological polar surface area (TPSA) is 66.4 Å². The molecule has 0 fully saturated rings. The van der Waals surface area contributed by atoms with Gasteiger partial charge in [-0.3, -0.25) is 4.79 Å². The predicted molar refractivity (Wildman–Crippen MR) is 78.5 cm³/mol. The predicted octanol–water partition coefficient (Wildman–Crippen LogP) is 2.80. The average Bonchev–Trinajstić information content (AvgIpc) is 2.42. The third kappa shape index (κ3) is 4.68. The van der Waals surface area contributed by atoms with Crippen molar-refractivity contribution in [1.82, 2.24) is 5.32 Å². The smallest absolute Gasteiger partial charge is 0.326 e. The molecule has 2 unspecified atom stereocenters. The summed E-state index contributed by atoms with van der Waals surface area (Å²) in [6.07, 6.45) is 0.699. The summed E-state index contributed by atoms with van der Waals surface area (Å²) in [5, 5.41) is 11.6. The van der Waals surface area contributed by atoms with Crippen molar-refractivity contribution in [2.45, 2.75) is 45.6 Å². The second kappa shape index (κ2) is 7.68. The summed E-state index contributed by atoms with van der Waals surface area (Å²) in [7, 11) is 0. The zero-order valence-electron chi connectivity index (χ0n) is 12.3. The summed E-state index contributed by atoms with van der Waals surface area (Å²) < 4.78 is 0. The fourth-order valence-electron chi connectivity index (χ4n) is 2.23. The number of carboxylic acids is 1. The lowest BCUT2D eigenvalue weighted by atomic mass is 9.85. The molecule has 2 atom stereocenters. The van der Waals surface area contributed by atoms with Gasteiger partial charge in [-0.05, 0) is 23.8 Å². The maximum Gasteiger partial charge on any atom is 0.326 e. The van der Waals surface area contributed by atoms with Gasteiger partial charge >= 0.3 is 5.97 Å². The Morgan fingerprint density at radius 2 is 1.80 bits per heavy atom. The lowest BCUT2D eigenvalue weighted by Gasteiger charge is -2.22. The molecule has 1 amide bonds. The van der Waals surface area contributed by atoms with Gasteiger partial charge in [0, 0.05) is 6.42 Å². The van der Waals surface area contributed by atoms with Crippen LogP contribution >= 0.6 is 0 Å². The van der Waals surface area contributed by atoms with Crippen LogP contribution in [0.4, 0.5) is 0 Å². The Morgan fingerprint density at radius 3 is 2.25 bits per heavy atom. The first kappa shape index (κ1) is 16.2. The van der Waals surface area contributed by atoms with Crippen molar-refractivity contribution in [2.24, 2.45) is 5.92 Å². The highest BCUT2D eigenvalue weighted by atomic mass is 16.4. The summed E-state index contributed by atoms with van der Waals surface area (Å²) >= 11 is 0. The molecule has 4 nitrogen and oxygen atoms in total. The Balaban J connectivity index is 2.72. The van der Waals surface area contributed by atoms with Crippen LogP contribution in [-0.4, -0.2) is 23.0 Å². The quantitative estimate of drug-likeness (QED) is 0.805. The molecule has 0 saturated heterocycles. The molecule has 0 heterocycles. The molecule has 0 aromatic heterocycles. The zero-order chi connectivity index (χ0) is 15.1. The maximum absolute atomic E-state index is 12.0. The molecule has 0 spiro atoms. The van der Waals surface area contributed by atoms with Crippen LogP contribution in [0.15, 0.2) is 30.3 Å². The van der Waals surface area contributed by atoms with E-state index < -0.39 is 12.0 Å². The Morgan fingerprint density at radius 1 is 1.20 bits per heavy atom. The summed E-state index contributed by atoms with van der Waals surface area (Å²) in [5.74, 6) is -0.779. The van der Waals surface area contributed by atoms with Gasteiger partial charge in [0.2, 0.25) is 5.91 Å². The van der Waals surface area contributed by atoms with Gasteiger partial charge in [0.05, 0.1) is 0 Å². The fraction of sp³-hybridized carbons (Fsp3) is 0.500. The number of aliphatic carboxylic acids is 1. The second-order valence-corrected chi connectivity index (χ2v) is 5.33. The van der Waals surface area contributed by atoms with Gasteiger partial charge in [0.1, 0.15) is 6.04 Å². The van der Waals surface area contributed by atoms with E-state index in [2.05, 4.69) is 19.2 Å². The second-order valence-electron chi connectivity index (χ2n) is 5.33.